The molecule has 1 atom stereocenters. The van der Waals surface area contributed by atoms with E-state index in [1.54, 1.807) is 12.3 Å². The number of nitrogens with zero attached hydrogens (tertiary/aromatic N) is 4. The minimum Gasteiger partial charge on any atom is -0.472 e. The molecule has 0 N–H and O–H groups in total. The summed E-state index contributed by atoms with van der Waals surface area (Å²) in [5.74, 6) is 1.00. The Morgan fingerprint density at radius 3 is 2.90 bits per heavy atom. The number of aryl methyl sites for hydroxylation is 1. The molecule has 0 aliphatic carbocycles. The molecule has 1 saturated heterocycles. The smallest absolute Gasteiger partial charge is 0.257 e. The fourth-order valence-corrected chi connectivity index (χ4v) is 2.60. The number of amides is 1. The van der Waals surface area contributed by atoms with Gasteiger partial charge in [-0.1, -0.05) is 0 Å². The zero-order chi connectivity index (χ0) is 14.1. The Labute approximate surface area is 117 Å². The first-order valence-electron chi connectivity index (χ1n) is 6.65. The third-order valence-corrected chi connectivity index (χ3v) is 3.86. The molecule has 0 spiro atoms. The molecule has 1 fully saturated rings. The maximum Gasteiger partial charge on any atom is 0.257 e. The number of furan rings is 1. The van der Waals surface area contributed by atoms with Crippen molar-refractivity contribution in [1.82, 2.24) is 19.4 Å². The molecule has 6 heteroatoms. The van der Waals surface area contributed by atoms with Gasteiger partial charge in [0.25, 0.3) is 5.91 Å². The average Bonchev–Trinajstić information content (AvgIpc) is 3.10. The quantitative estimate of drug-likeness (QED) is 0.824. The molecule has 0 radical (unpaired) electrons. The highest BCUT2D eigenvalue weighted by Crippen LogP contribution is 2.23. The fraction of sp³-hybridized carbons (Fsp3) is 0.429. The molecule has 6 nitrogen and oxygen atoms in total. The Morgan fingerprint density at radius 2 is 2.25 bits per heavy atom. The second-order valence-electron chi connectivity index (χ2n) is 5.16. The van der Waals surface area contributed by atoms with E-state index in [2.05, 4.69) is 16.9 Å². The van der Waals surface area contributed by atoms with Crippen LogP contribution < -0.4 is 0 Å². The molecule has 1 aliphatic heterocycles. The van der Waals surface area contributed by atoms with Crippen LogP contribution >= 0.6 is 0 Å². The largest absolute Gasteiger partial charge is 0.472 e. The molecule has 0 aromatic carbocycles. The minimum atomic E-state index is 0.0195. The van der Waals surface area contributed by atoms with Crippen LogP contribution in [-0.4, -0.2) is 51.9 Å². The van der Waals surface area contributed by atoms with Crippen LogP contribution in [0, 0.1) is 0 Å². The Hall–Kier alpha value is -2.08. The van der Waals surface area contributed by atoms with Gasteiger partial charge in [-0.15, -0.1) is 0 Å². The van der Waals surface area contributed by atoms with Crippen molar-refractivity contribution in [3.63, 3.8) is 0 Å². The van der Waals surface area contributed by atoms with Gasteiger partial charge in [0.15, 0.2) is 0 Å². The van der Waals surface area contributed by atoms with Crippen molar-refractivity contribution in [3.05, 3.63) is 42.4 Å². The van der Waals surface area contributed by atoms with E-state index in [0.29, 0.717) is 12.1 Å². The summed E-state index contributed by atoms with van der Waals surface area (Å²) in [6.07, 6.45) is 6.75. The van der Waals surface area contributed by atoms with Crippen LogP contribution in [0.2, 0.25) is 0 Å². The summed E-state index contributed by atoms with van der Waals surface area (Å²) in [5, 5.41) is 0. The van der Waals surface area contributed by atoms with Gasteiger partial charge in [0.2, 0.25) is 0 Å². The van der Waals surface area contributed by atoms with Crippen LogP contribution in [0.5, 0.6) is 0 Å². The molecule has 3 rings (SSSR count). The highest BCUT2D eigenvalue weighted by Gasteiger charge is 2.31. The van der Waals surface area contributed by atoms with Gasteiger partial charge in [-0.05, 0) is 13.1 Å². The zero-order valence-electron chi connectivity index (χ0n) is 11.7. The van der Waals surface area contributed by atoms with E-state index < -0.39 is 0 Å². The third kappa shape index (κ3) is 2.22. The molecule has 1 amide bonds. The lowest BCUT2D eigenvalue weighted by atomic mass is 10.1. The molecule has 106 valence electrons. The van der Waals surface area contributed by atoms with Crippen LogP contribution in [0.3, 0.4) is 0 Å². The molecule has 2 aromatic rings. The average molecular weight is 274 g/mol. The summed E-state index contributed by atoms with van der Waals surface area (Å²) in [6, 6.07) is 1.83. The molecule has 20 heavy (non-hydrogen) atoms. The Balaban J connectivity index is 1.80. The maximum absolute atomic E-state index is 12.4. The van der Waals surface area contributed by atoms with Gasteiger partial charge in [0, 0.05) is 39.1 Å². The van der Waals surface area contributed by atoms with E-state index >= 15 is 0 Å². The van der Waals surface area contributed by atoms with Crippen molar-refractivity contribution in [2.45, 2.75) is 6.04 Å². The van der Waals surface area contributed by atoms with Crippen molar-refractivity contribution in [2.24, 2.45) is 7.05 Å². The van der Waals surface area contributed by atoms with Gasteiger partial charge in [-0.25, -0.2) is 4.98 Å². The second-order valence-corrected chi connectivity index (χ2v) is 5.16. The van der Waals surface area contributed by atoms with Crippen LogP contribution in [0.1, 0.15) is 22.2 Å². The second kappa shape index (κ2) is 5.13. The number of piperazine rings is 1. The normalized spacial score (nSPS) is 20.3. The number of hydrogen-bond acceptors (Lipinski definition) is 4. The predicted molar refractivity (Wildman–Crippen MR) is 73.2 cm³/mol. The number of hydrogen-bond donors (Lipinski definition) is 0. The van der Waals surface area contributed by atoms with Gasteiger partial charge in [-0.3, -0.25) is 9.69 Å². The van der Waals surface area contributed by atoms with Crippen molar-refractivity contribution < 1.29 is 9.21 Å². The Kier molecular flexibility index (Phi) is 3.31. The van der Waals surface area contributed by atoms with E-state index in [9.17, 15) is 4.79 Å². The molecule has 1 unspecified atom stereocenters. The lowest BCUT2D eigenvalue weighted by Crippen LogP contribution is -2.49. The number of aromatic nitrogens is 2. The molecular formula is C14H18N4O2. The van der Waals surface area contributed by atoms with Crippen molar-refractivity contribution in [3.8, 4) is 0 Å². The SMILES string of the molecule is CN1CCN(C(=O)c2ccoc2)CC1c1nccn1C. The van der Waals surface area contributed by atoms with Gasteiger partial charge >= 0.3 is 0 Å². The fourth-order valence-electron chi connectivity index (χ4n) is 2.60. The number of rotatable bonds is 2. The molecule has 0 bridgehead atoms. The molecular weight excluding hydrogens is 256 g/mol. The summed E-state index contributed by atoms with van der Waals surface area (Å²) in [4.78, 5) is 20.9. The van der Waals surface area contributed by atoms with E-state index in [1.165, 1.54) is 12.5 Å². The molecule has 0 saturated carbocycles. The monoisotopic (exact) mass is 274 g/mol. The van der Waals surface area contributed by atoms with Crippen LogP contribution in [-0.2, 0) is 7.05 Å². The van der Waals surface area contributed by atoms with Crippen molar-refractivity contribution in [2.75, 3.05) is 26.7 Å². The first-order chi connectivity index (χ1) is 9.66. The lowest BCUT2D eigenvalue weighted by Gasteiger charge is -2.38. The maximum atomic E-state index is 12.4. The molecule has 2 aromatic heterocycles. The first kappa shape index (κ1) is 12.9. The number of carbonyl (C=O) groups excluding carboxylic acids is 1. The summed E-state index contributed by atoms with van der Waals surface area (Å²) < 4.78 is 7.00. The molecule has 1 aliphatic rings. The zero-order valence-corrected chi connectivity index (χ0v) is 11.7. The lowest BCUT2D eigenvalue weighted by molar-refractivity contribution is 0.0528. The minimum absolute atomic E-state index is 0.0195. The van der Waals surface area contributed by atoms with E-state index in [4.69, 9.17) is 4.42 Å². The predicted octanol–water partition coefficient (Wildman–Crippen LogP) is 1.14. The van der Waals surface area contributed by atoms with Crippen molar-refractivity contribution >= 4 is 5.91 Å². The Bertz CT molecular complexity index is 590. The highest BCUT2D eigenvalue weighted by molar-refractivity contribution is 5.93. The summed E-state index contributed by atoms with van der Waals surface area (Å²) >= 11 is 0. The summed E-state index contributed by atoms with van der Waals surface area (Å²) in [5.41, 5.74) is 0.605. The van der Waals surface area contributed by atoms with E-state index in [1.807, 2.05) is 22.7 Å². The van der Waals surface area contributed by atoms with Crippen LogP contribution in [0.4, 0.5) is 0 Å². The van der Waals surface area contributed by atoms with E-state index in [-0.39, 0.29) is 11.9 Å². The van der Waals surface area contributed by atoms with Gasteiger partial charge in [0.05, 0.1) is 17.9 Å². The van der Waals surface area contributed by atoms with E-state index in [0.717, 1.165) is 18.9 Å². The summed E-state index contributed by atoms with van der Waals surface area (Å²) in [7, 11) is 4.05. The van der Waals surface area contributed by atoms with Gasteiger partial charge in [-0.2, -0.15) is 0 Å². The third-order valence-electron chi connectivity index (χ3n) is 3.86. The number of imidazole rings is 1. The number of likely N-dealkylation sites (N-methyl/N-ethyl adjacent to an activating group) is 1. The standard InChI is InChI=1S/C14H18N4O2/c1-16-6-7-18(14(19)11-3-8-20-10-11)9-12(16)13-15-4-5-17(13)2/h3-5,8,10,12H,6-7,9H2,1-2H3. The van der Waals surface area contributed by atoms with Gasteiger partial charge in [0.1, 0.15) is 12.1 Å². The first-order valence-corrected chi connectivity index (χ1v) is 6.65. The summed E-state index contributed by atoms with van der Waals surface area (Å²) in [6.45, 7) is 2.20. The van der Waals surface area contributed by atoms with Crippen LogP contribution in [0.25, 0.3) is 0 Å². The molecule has 3 heterocycles. The van der Waals surface area contributed by atoms with Gasteiger partial charge < -0.3 is 13.9 Å². The number of carbonyl (C=O) groups is 1. The topological polar surface area (TPSA) is 54.5 Å². The highest BCUT2D eigenvalue weighted by atomic mass is 16.3. The Morgan fingerprint density at radius 1 is 1.40 bits per heavy atom. The van der Waals surface area contributed by atoms with Crippen LogP contribution in [0.15, 0.2) is 35.4 Å². The van der Waals surface area contributed by atoms with Crippen molar-refractivity contribution in [1.29, 1.82) is 0 Å².